The number of benzene rings is 1. The normalized spacial score (nSPS) is 22.7. The minimum atomic E-state index is 0.365. The van der Waals surface area contributed by atoms with Crippen LogP contribution in [0.1, 0.15) is 22.8 Å². The quantitative estimate of drug-likeness (QED) is 0.739. The molecule has 86 valence electrons. The van der Waals surface area contributed by atoms with Crippen molar-refractivity contribution in [3.63, 3.8) is 0 Å². The Balaban J connectivity index is 2.06. The summed E-state index contributed by atoms with van der Waals surface area (Å²) in [6.07, 6.45) is 2.41. The third kappa shape index (κ3) is 1.82. The second kappa shape index (κ2) is 4.49. The molecule has 0 spiro atoms. The first-order chi connectivity index (χ1) is 7.88. The van der Waals surface area contributed by atoms with E-state index in [1.165, 1.54) is 23.3 Å². The number of ether oxygens (including phenoxy) is 2. The molecule has 1 aromatic carbocycles. The van der Waals surface area contributed by atoms with Crippen molar-refractivity contribution in [2.75, 3.05) is 17.9 Å². The molecule has 0 amide bonds. The molecule has 0 bridgehead atoms. The number of hydrogen-bond acceptors (Lipinski definition) is 3. The summed E-state index contributed by atoms with van der Waals surface area (Å²) in [5.41, 5.74) is 2.85. The van der Waals surface area contributed by atoms with Gasteiger partial charge in [0, 0.05) is 10.6 Å². The Kier molecular flexibility index (Phi) is 3.03. The van der Waals surface area contributed by atoms with Crippen LogP contribution < -0.4 is 9.47 Å². The average molecular weight is 301 g/mol. The second-order valence-electron chi connectivity index (χ2n) is 4.02. The molecule has 0 N–H and O–H groups in total. The summed E-state index contributed by atoms with van der Waals surface area (Å²) in [4.78, 5) is 0. The van der Waals surface area contributed by atoms with Crippen LogP contribution in [0.15, 0.2) is 12.1 Å². The Morgan fingerprint density at radius 1 is 1.31 bits per heavy atom. The fraction of sp³-hybridized carbons (Fsp3) is 0.500. The van der Waals surface area contributed by atoms with E-state index in [1.54, 1.807) is 0 Å². The summed E-state index contributed by atoms with van der Waals surface area (Å²) in [6.45, 7) is 0.365. The molecule has 3 rings (SSSR count). The van der Waals surface area contributed by atoms with Crippen LogP contribution in [0, 0.1) is 0 Å². The van der Waals surface area contributed by atoms with Crippen molar-refractivity contribution in [1.29, 1.82) is 0 Å². The van der Waals surface area contributed by atoms with Crippen molar-refractivity contribution in [1.82, 2.24) is 0 Å². The van der Waals surface area contributed by atoms with E-state index < -0.39 is 0 Å². The van der Waals surface area contributed by atoms with Crippen LogP contribution >= 0.6 is 27.7 Å². The number of aryl methyl sites for hydroxylation is 1. The summed E-state index contributed by atoms with van der Waals surface area (Å²) in [5.74, 6) is 3.06. The van der Waals surface area contributed by atoms with Crippen molar-refractivity contribution in [2.24, 2.45) is 0 Å². The molecule has 0 aliphatic carbocycles. The van der Waals surface area contributed by atoms with E-state index in [2.05, 4.69) is 28.1 Å². The van der Waals surface area contributed by atoms with Gasteiger partial charge in [0.15, 0.2) is 11.5 Å². The zero-order chi connectivity index (χ0) is 11.0. The zero-order valence-electron chi connectivity index (χ0n) is 8.87. The Hall–Kier alpha value is -0.350. The lowest BCUT2D eigenvalue weighted by molar-refractivity contribution is 0.174. The minimum absolute atomic E-state index is 0.365. The first kappa shape index (κ1) is 10.8. The van der Waals surface area contributed by atoms with Crippen LogP contribution in [0.5, 0.6) is 11.5 Å². The number of halogens is 1. The smallest absolute Gasteiger partial charge is 0.231 e. The summed E-state index contributed by atoms with van der Waals surface area (Å²) >= 11 is 5.63. The van der Waals surface area contributed by atoms with Gasteiger partial charge in [0.05, 0.1) is 0 Å². The average Bonchev–Trinajstić information content (AvgIpc) is 2.66. The summed E-state index contributed by atoms with van der Waals surface area (Å²) in [7, 11) is 0. The van der Waals surface area contributed by atoms with Crippen molar-refractivity contribution >= 4 is 27.7 Å². The zero-order valence-corrected chi connectivity index (χ0v) is 11.3. The lowest BCUT2D eigenvalue weighted by Crippen LogP contribution is -1.98. The highest BCUT2D eigenvalue weighted by atomic mass is 79.9. The van der Waals surface area contributed by atoms with Gasteiger partial charge in [-0.15, -0.1) is 0 Å². The topological polar surface area (TPSA) is 18.5 Å². The highest BCUT2D eigenvalue weighted by molar-refractivity contribution is 9.09. The highest BCUT2D eigenvalue weighted by Gasteiger charge is 2.23. The summed E-state index contributed by atoms with van der Waals surface area (Å²) in [6, 6.07) is 4.33. The lowest BCUT2D eigenvalue weighted by atomic mass is 10.0. The first-order valence-electron chi connectivity index (χ1n) is 5.48. The fourth-order valence-electron chi connectivity index (χ4n) is 2.22. The van der Waals surface area contributed by atoms with Gasteiger partial charge in [-0.3, -0.25) is 0 Å². The van der Waals surface area contributed by atoms with E-state index in [4.69, 9.17) is 9.47 Å². The third-order valence-corrected chi connectivity index (χ3v) is 5.45. The van der Waals surface area contributed by atoms with Gasteiger partial charge in [-0.05, 0) is 41.9 Å². The molecule has 0 fully saturated rings. The molecule has 2 nitrogen and oxygen atoms in total. The van der Waals surface area contributed by atoms with Crippen LogP contribution in [0.3, 0.4) is 0 Å². The maximum atomic E-state index is 5.45. The second-order valence-corrected chi connectivity index (χ2v) is 5.98. The number of rotatable bonds is 1. The van der Waals surface area contributed by atoms with Gasteiger partial charge in [-0.25, -0.2) is 0 Å². The van der Waals surface area contributed by atoms with Crippen LogP contribution in [-0.4, -0.2) is 17.9 Å². The molecule has 0 aromatic heterocycles. The molecular weight excluding hydrogens is 288 g/mol. The van der Waals surface area contributed by atoms with E-state index >= 15 is 0 Å². The van der Waals surface area contributed by atoms with Crippen LogP contribution in [0.25, 0.3) is 0 Å². The molecule has 2 heterocycles. The SMILES string of the molecule is BrCC1SCCCc2cc3c(cc21)OCO3. The molecule has 1 unspecified atom stereocenters. The fourth-order valence-corrected chi connectivity index (χ4v) is 4.21. The monoisotopic (exact) mass is 300 g/mol. The van der Waals surface area contributed by atoms with E-state index in [1.807, 2.05) is 11.8 Å². The molecule has 0 saturated heterocycles. The third-order valence-electron chi connectivity index (χ3n) is 3.03. The maximum absolute atomic E-state index is 5.45. The Labute approximate surface area is 108 Å². The maximum Gasteiger partial charge on any atom is 0.231 e. The molecule has 2 aliphatic rings. The minimum Gasteiger partial charge on any atom is -0.454 e. The molecule has 1 aromatic rings. The first-order valence-corrected chi connectivity index (χ1v) is 7.65. The van der Waals surface area contributed by atoms with E-state index in [0.717, 1.165) is 23.2 Å². The Morgan fingerprint density at radius 2 is 2.12 bits per heavy atom. The van der Waals surface area contributed by atoms with Gasteiger partial charge in [0.1, 0.15) is 0 Å². The molecule has 0 saturated carbocycles. The molecule has 2 aliphatic heterocycles. The van der Waals surface area contributed by atoms with Crippen molar-refractivity contribution in [2.45, 2.75) is 18.1 Å². The van der Waals surface area contributed by atoms with Gasteiger partial charge < -0.3 is 9.47 Å². The lowest BCUT2D eigenvalue weighted by Gasteiger charge is -2.14. The molecule has 0 radical (unpaired) electrons. The predicted octanol–water partition coefficient (Wildman–Crippen LogP) is 3.53. The largest absolute Gasteiger partial charge is 0.454 e. The van der Waals surface area contributed by atoms with Crippen molar-refractivity contribution < 1.29 is 9.47 Å². The highest BCUT2D eigenvalue weighted by Crippen LogP contribution is 2.43. The molecule has 4 heteroatoms. The van der Waals surface area contributed by atoms with Gasteiger partial charge in [-0.2, -0.15) is 11.8 Å². The van der Waals surface area contributed by atoms with Crippen molar-refractivity contribution in [3.05, 3.63) is 23.3 Å². The van der Waals surface area contributed by atoms with E-state index in [0.29, 0.717) is 12.0 Å². The summed E-state index contributed by atoms with van der Waals surface area (Å²) in [5, 5.41) is 1.55. The van der Waals surface area contributed by atoms with Gasteiger partial charge in [0.2, 0.25) is 6.79 Å². The molecule has 1 atom stereocenters. The number of alkyl halides is 1. The summed E-state index contributed by atoms with van der Waals surface area (Å²) < 4.78 is 10.9. The van der Waals surface area contributed by atoms with E-state index in [9.17, 15) is 0 Å². The van der Waals surface area contributed by atoms with Gasteiger partial charge >= 0.3 is 0 Å². The van der Waals surface area contributed by atoms with E-state index in [-0.39, 0.29) is 0 Å². The number of hydrogen-bond donors (Lipinski definition) is 0. The standard InChI is InChI=1S/C12H13BrO2S/c13-6-12-9-5-11-10(14-7-15-11)4-8(9)2-1-3-16-12/h4-5,12H,1-3,6-7H2. The van der Waals surface area contributed by atoms with Gasteiger partial charge in [-0.1, -0.05) is 15.9 Å². The Bertz CT molecular complexity index is 408. The molecular formula is C12H13BrO2S. The number of thioether (sulfide) groups is 1. The number of fused-ring (bicyclic) bond motifs is 2. The van der Waals surface area contributed by atoms with Gasteiger partial charge in [0.25, 0.3) is 0 Å². The Morgan fingerprint density at radius 3 is 2.94 bits per heavy atom. The molecule has 16 heavy (non-hydrogen) atoms. The van der Waals surface area contributed by atoms with Crippen LogP contribution in [0.4, 0.5) is 0 Å². The predicted molar refractivity (Wildman–Crippen MR) is 69.9 cm³/mol. The van der Waals surface area contributed by atoms with Crippen LogP contribution in [0.2, 0.25) is 0 Å². The van der Waals surface area contributed by atoms with Crippen molar-refractivity contribution in [3.8, 4) is 11.5 Å². The van der Waals surface area contributed by atoms with Crippen LogP contribution in [-0.2, 0) is 6.42 Å².